The maximum absolute atomic E-state index is 10.7. The number of primary amides is 1. The third-order valence-corrected chi connectivity index (χ3v) is 3.26. The van der Waals surface area contributed by atoms with Crippen LogP contribution < -0.4 is 11.2 Å². The van der Waals surface area contributed by atoms with Crippen LogP contribution in [0.2, 0.25) is 0 Å². The summed E-state index contributed by atoms with van der Waals surface area (Å²) in [6, 6.07) is 14.7. The molecule has 0 aliphatic carbocycles. The second-order valence-corrected chi connectivity index (χ2v) is 4.78. The molecule has 0 radical (unpaired) electrons. The maximum atomic E-state index is 10.7. The number of hydrazone groups is 1. The molecule has 110 valence electrons. The molecule has 0 atom stereocenters. The van der Waals surface area contributed by atoms with Gasteiger partial charge in [-0.2, -0.15) is 5.10 Å². The number of carbonyl (C=O) groups excluding carboxylic acids is 1. The highest BCUT2D eigenvalue weighted by Crippen LogP contribution is 2.29. The Morgan fingerprint density at radius 1 is 1.23 bits per heavy atom. The molecule has 1 aromatic heterocycles. The molecular formula is C16H14N4O2. The number of hydrogen-bond acceptors (Lipinski definition) is 4. The minimum Gasteiger partial charge on any atom is -0.355 e. The number of carbonyl (C=O) groups is 1. The van der Waals surface area contributed by atoms with Crippen LogP contribution in [0, 0.1) is 0 Å². The fourth-order valence-electron chi connectivity index (χ4n) is 2.17. The second-order valence-electron chi connectivity index (χ2n) is 4.78. The number of aromatic nitrogens is 1. The highest BCUT2D eigenvalue weighted by molar-refractivity contribution is 6.03. The van der Waals surface area contributed by atoms with Crippen molar-refractivity contribution in [3.63, 3.8) is 0 Å². The fourth-order valence-corrected chi connectivity index (χ4v) is 2.17. The first-order valence-electron chi connectivity index (χ1n) is 6.70. The summed E-state index contributed by atoms with van der Waals surface area (Å²) in [6.07, 6.45) is 0. The summed E-state index contributed by atoms with van der Waals surface area (Å²) < 4.78 is 5.45. The Kier molecular flexibility index (Phi) is 3.57. The zero-order chi connectivity index (χ0) is 15.5. The van der Waals surface area contributed by atoms with Crippen LogP contribution in [0.1, 0.15) is 12.5 Å². The number of nitrogens with two attached hydrogens (primary N) is 1. The molecule has 2 aromatic carbocycles. The third kappa shape index (κ3) is 2.67. The Morgan fingerprint density at radius 2 is 2.00 bits per heavy atom. The van der Waals surface area contributed by atoms with E-state index in [4.69, 9.17) is 10.3 Å². The summed E-state index contributed by atoms with van der Waals surface area (Å²) in [6.45, 7) is 1.78. The first-order valence-corrected chi connectivity index (χ1v) is 6.70. The van der Waals surface area contributed by atoms with Crippen molar-refractivity contribution >= 4 is 22.6 Å². The van der Waals surface area contributed by atoms with Gasteiger partial charge in [-0.3, -0.25) is 0 Å². The lowest BCUT2D eigenvalue weighted by molar-refractivity contribution is 0.249. The smallest absolute Gasteiger partial charge is 0.332 e. The largest absolute Gasteiger partial charge is 0.355 e. The zero-order valence-corrected chi connectivity index (χ0v) is 11.9. The number of nitrogens with zero attached hydrogens (tertiary/aromatic N) is 2. The molecule has 1 heterocycles. The van der Waals surface area contributed by atoms with Crippen molar-refractivity contribution in [1.29, 1.82) is 0 Å². The maximum Gasteiger partial charge on any atom is 0.332 e. The molecule has 3 rings (SSSR count). The van der Waals surface area contributed by atoms with Crippen molar-refractivity contribution in [2.45, 2.75) is 6.92 Å². The lowest BCUT2D eigenvalue weighted by atomic mass is 10.0. The molecule has 6 heteroatoms. The molecule has 6 nitrogen and oxygen atoms in total. The summed E-state index contributed by atoms with van der Waals surface area (Å²) >= 11 is 0. The number of benzene rings is 2. The average molecular weight is 294 g/mol. The number of fused-ring (bicyclic) bond motifs is 1. The van der Waals surface area contributed by atoms with Crippen LogP contribution in [0.15, 0.2) is 58.2 Å². The van der Waals surface area contributed by atoms with Crippen molar-refractivity contribution in [3.05, 3.63) is 54.1 Å². The molecule has 0 saturated carbocycles. The van der Waals surface area contributed by atoms with E-state index in [1.165, 1.54) is 0 Å². The zero-order valence-electron chi connectivity index (χ0n) is 11.9. The van der Waals surface area contributed by atoms with E-state index in [1.807, 2.05) is 48.5 Å². The summed E-state index contributed by atoms with van der Waals surface area (Å²) in [5.74, 6) is 0.702. The summed E-state index contributed by atoms with van der Waals surface area (Å²) in [5.41, 5.74) is 10.4. The topological polar surface area (TPSA) is 93.5 Å². The number of amides is 2. The van der Waals surface area contributed by atoms with E-state index in [2.05, 4.69) is 15.7 Å². The monoisotopic (exact) mass is 294 g/mol. The fraction of sp³-hybridized carbons (Fsp3) is 0.0625. The van der Waals surface area contributed by atoms with Crippen molar-refractivity contribution in [3.8, 4) is 11.3 Å². The highest BCUT2D eigenvalue weighted by atomic mass is 16.5. The van der Waals surface area contributed by atoms with Gasteiger partial charge in [-0.05, 0) is 24.6 Å². The molecule has 3 aromatic rings. The van der Waals surface area contributed by atoms with E-state index in [1.54, 1.807) is 6.92 Å². The van der Waals surface area contributed by atoms with Crippen LogP contribution in [0.25, 0.3) is 22.2 Å². The highest BCUT2D eigenvalue weighted by Gasteiger charge is 2.11. The van der Waals surface area contributed by atoms with Crippen LogP contribution in [-0.4, -0.2) is 16.9 Å². The minimum atomic E-state index is -0.699. The van der Waals surface area contributed by atoms with Gasteiger partial charge in [0, 0.05) is 5.56 Å². The normalized spacial score (nSPS) is 11.6. The van der Waals surface area contributed by atoms with Gasteiger partial charge in [-0.25, -0.2) is 10.2 Å². The van der Waals surface area contributed by atoms with E-state index in [9.17, 15) is 4.79 Å². The average Bonchev–Trinajstić information content (AvgIpc) is 2.96. The summed E-state index contributed by atoms with van der Waals surface area (Å²) in [4.78, 5) is 10.7. The van der Waals surface area contributed by atoms with Gasteiger partial charge in [0.05, 0.1) is 11.1 Å². The van der Waals surface area contributed by atoms with Gasteiger partial charge < -0.3 is 10.3 Å². The Morgan fingerprint density at radius 3 is 2.73 bits per heavy atom. The Hall–Kier alpha value is -3.15. The van der Waals surface area contributed by atoms with E-state index in [0.29, 0.717) is 11.5 Å². The molecule has 3 N–H and O–H groups in total. The molecule has 0 bridgehead atoms. The summed E-state index contributed by atoms with van der Waals surface area (Å²) in [7, 11) is 0. The quantitative estimate of drug-likeness (QED) is 0.574. The van der Waals surface area contributed by atoms with Gasteiger partial charge in [-0.15, -0.1) is 0 Å². The Labute approximate surface area is 126 Å². The van der Waals surface area contributed by atoms with Crippen LogP contribution in [0.3, 0.4) is 0 Å². The second kappa shape index (κ2) is 5.69. The van der Waals surface area contributed by atoms with Crippen LogP contribution in [0.4, 0.5) is 4.79 Å². The lowest BCUT2D eigenvalue weighted by Gasteiger charge is -2.02. The molecular weight excluding hydrogens is 280 g/mol. The van der Waals surface area contributed by atoms with E-state index in [0.717, 1.165) is 22.0 Å². The lowest BCUT2D eigenvalue weighted by Crippen LogP contribution is -2.25. The van der Waals surface area contributed by atoms with Gasteiger partial charge in [0.2, 0.25) is 0 Å². The Balaban J connectivity index is 2.06. The van der Waals surface area contributed by atoms with Crippen molar-refractivity contribution < 1.29 is 9.32 Å². The van der Waals surface area contributed by atoms with Crippen molar-refractivity contribution in [1.82, 2.24) is 10.6 Å². The predicted molar refractivity (Wildman–Crippen MR) is 84.4 cm³/mol. The molecule has 0 fully saturated rings. The van der Waals surface area contributed by atoms with Gasteiger partial charge in [0.15, 0.2) is 5.76 Å². The number of rotatable bonds is 3. The van der Waals surface area contributed by atoms with Gasteiger partial charge in [-0.1, -0.05) is 41.6 Å². The first-order chi connectivity index (χ1) is 10.6. The molecule has 0 unspecified atom stereocenters. The number of hydrogen-bond donors (Lipinski definition) is 2. The molecule has 22 heavy (non-hydrogen) atoms. The SMILES string of the molecule is C/C(=N/NC(N)=O)c1ccc2noc(-c3ccccc3)c2c1. The Bertz CT molecular complexity index is 853. The van der Waals surface area contributed by atoms with E-state index in [-0.39, 0.29) is 0 Å². The molecule has 0 spiro atoms. The molecule has 0 aliphatic rings. The van der Waals surface area contributed by atoms with E-state index < -0.39 is 6.03 Å². The molecule has 2 amide bonds. The van der Waals surface area contributed by atoms with Crippen molar-refractivity contribution in [2.24, 2.45) is 10.8 Å². The first kappa shape index (κ1) is 13.8. The molecule has 0 saturated heterocycles. The molecule has 0 aliphatic heterocycles. The minimum absolute atomic E-state index is 0.640. The van der Waals surface area contributed by atoms with Crippen LogP contribution in [-0.2, 0) is 0 Å². The van der Waals surface area contributed by atoms with Gasteiger partial charge >= 0.3 is 6.03 Å². The number of nitrogens with one attached hydrogen (secondary N) is 1. The standard InChI is InChI=1S/C16H14N4O2/c1-10(18-19-16(17)21)12-7-8-14-13(9-12)15(22-20-14)11-5-3-2-4-6-11/h2-9H,1H3,(H3,17,19,21)/b18-10-. The van der Waals surface area contributed by atoms with Crippen LogP contribution in [0.5, 0.6) is 0 Å². The summed E-state index contributed by atoms with van der Waals surface area (Å²) in [5, 5.41) is 8.88. The predicted octanol–water partition coefficient (Wildman–Crippen LogP) is 2.89. The third-order valence-electron chi connectivity index (χ3n) is 3.26. The van der Waals surface area contributed by atoms with Crippen LogP contribution >= 0.6 is 0 Å². The van der Waals surface area contributed by atoms with Gasteiger partial charge in [0.25, 0.3) is 0 Å². The van der Waals surface area contributed by atoms with Gasteiger partial charge in [0.1, 0.15) is 5.52 Å². The van der Waals surface area contributed by atoms with Crippen molar-refractivity contribution in [2.75, 3.05) is 0 Å². The number of urea groups is 1. The van der Waals surface area contributed by atoms with E-state index >= 15 is 0 Å².